The average molecular weight is 365 g/mol. The molecule has 0 aliphatic heterocycles. The molecule has 2 aromatic carbocycles. The predicted molar refractivity (Wildman–Crippen MR) is 103 cm³/mol. The van der Waals surface area contributed by atoms with Crippen molar-refractivity contribution in [3.8, 4) is 17.6 Å². The zero-order chi connectivity index (χ0) is 19.8. The van der Waals surface area contributed by atoms with Crippen LogP contribution in [0.2, 0.25) is 0 Å². The molecule has 0 bridgehead atoms. The molecule has 27 heavy (non-hydrogen) atoms. The van der Waals surface area contributed by atoms with Crippen molar-refractivity contribution in [1.29, 1.82) is 5.26 Å². The largest absolute Gasteiger partial charge is 0.497 e. The predicted octanol–water partition coefficient (Wildman–Crippen LogP) is 0.801. The first kappa shape index (κ1) is 19.5. The highest BCUT2D eigenvalue weighted by Gasteiger charge is 2.22. The van der Waals surface area contributed by atoms with Crippen LogP contribution in [0.4, 0.5) is 5.69 Å². The van der Waals surface area contributed by atoms with Gasteiger partial charge in [-0.15, -0.1) is 0 Å². The fraction of sp³-hybridized carbons (Fsp3) is 0.150. The maximum Gasteiger partial charge on any atom is 0.255 e. The minimum Gasteiger partial charge on any atom is -0.497 e. The SMILES string of the molecule is COc1ccc(/C=C/C(=[NH2+])c2c(N)ccc(C(=O)NCC#N)c2OC)cc1. The maximum absolute atomic E-state index is 12.2. The van der Waals surface area contributed by atoms with Crippen LogP contribution in [0.1, 0.15) is 21.5 Å². The number of nitrogen functional groups attached to an aromatic ring is 1. The Morgan fingerprint density at radius 2 is 1.93 bits per heavy atom. The van der Waals surface area contributed by atoms with Crippen LogP contribution in [-0.4, -0.2) is 32.4 Å². The van der Waals surface area contributed by atoms with Gasteiger partial charge in [0.25, 0.3) is 5.91 Å². The summed E-state index contributed by atoms with van der Waals surface area (Å²) in [6, 6.07) is 12.4. The van der Waals surface area contributed by atoms with Gasteiger partial charge >= 0.3 is 0 Å². The lowest BCUT2D eigenvalue weighted by atomic mass is 10.0. The number of methoxy groups -OCH3 is 2. The highest BCUT2D eigenvalue weighted by Crippen LogP contribution is 2.29. The summed E-state index contributed by atoms with van der Waals surface area (Å²) in [5.41, 5.74) is 8.36. The molecule has 0 heterocycles. The molecule has 5 N–H and O–H groups in total. The molecule has 0 aliphatic carbocycles. The van der Waals surface area contributed by atoms with E-state index in [0.717, 1.165) is 11.3 Å². The smallest absolute Gasteiger partial charge is 0.255 e. The molecule has 0 aromatic heterocycles. The number of hydrogen-bond donors (Lipinski definition) is 3. The van der Waals surface area contributed by atoms with Crippen molar-refractivity contribution in [3.05, 3.63) is 59.2 Å². The molecule has 138 valence electrons. The van der Waals surface area contributed by atoms with E-state index >= 15 is 0 Å². The number of anilines is 1. The van der Waals surface area contributed by atoms with Crippen LogP contribution < -0.4 is 25.9 Å². The number of carbonyl (C=O) groups is 1. The summed E-state index contributed by atoms with van der Waals surface area (Å²) in [5.74, 6) is 0.565. The van der Waals surface area contributed by atoms with Crippen molar-refractivity contribution in [2.75, 3.05) is 26.5 Å². The molecule has 2 rings (SSSR count). The van der Waals surface area contributed by atoms with Gasteiger partial charge in [0.05, 0.1) is 25.9 Å². The standard InChI is InChI=1S/C20H20N4O3/c1-26-14-6-3-13(4-7-14)5-9-16(22)18-17(23)10-8-15(19(18)27-2)20(25)24-12-11-21/h3-10,22H,12,23H2,1-2H3,(H,24,25)/p+1/b9-5+,22-16?. The Balaban J connectivity index is 2.35. The summed E-state index contributed by atoms with van der Waals surface area (Å²) in [6.45, 7) is -0.113. The first-order valence-corrected chi connectivity index (χ1v) is 8.08. The Morgan fingerprint density at radius 3 is 2.52 bits per heavy atom. The van der Waals surface area contributed by atoms with Gasteiger partial charge in [-0.25, -0.2) is 0 Å². The van der Waals surface area contributed by atoms with Gasteiger partial charge in [-0.05, 0) is 35.9 Å². The molecular weight excluding hydrogens is 344 g/mol. The molecule has 0 radical (unpaired) electrons. The molecule has 0 aliphatic rings. The molecule has 0 fully saturated rings. The van der Waals surface area contributed by atoms with E-state index in [1.165, 1.54) is 13.2 Å². The van der Waals surface area contributed by atoms with Gasteiger partial charge in [0.15, 0.2) is 0 Å². The van der Waals surface area contributed by atoms with Gasteiger partial charge in [-0.3, -0.25) is 10.2 Å². The Morgan fingerprint density at radius 1 is 1.22 bits per heavy atom. The van der Waals surface area contributed by atoms with Crippen LogP contribution in [0.15, 0.2) is 42.5 Å². The van der Waals surface area contributed by atoms with E-state index in [4.69, 9.17) is 25.9 Å². The van der Waals surface area contributed by atoms with Crippen LogP contribution >= 0.6 is 0 Å². The normalized spacial score (nSPS) is 10.3. The molecule has 0 saturated carbocycles. The van der Waals surface area contributed by atoms with Gasteiger partial charge in [0.1, 0.15) is 23.6 Å². The van der Waals surface area contributed by atoms with Crippen molar-refractivity contribution in [3.63, 3.8) is 0 Å². The highest BCUT2D eigenvalue weighted by atomic mass is 16.5. The summed E-state index contributed by atoms with van der Waals surface area (Å²) in [5, 5.41) is 17.3. The van der Waals surface area contributed by atoms with Crippen LogP contribution in [0.5, 0.6) is 11.5 Å². The molecule has 7 heteroatoms. The van der Waals surface area contributed by atoms with Crippen molar-refractivity contribution >= 4 is 23.4 Å². The van der Waals surface area contributed by atoms with E-state index in [2.05, 4.69) is 5.32 Å². The van der Waals surface area contributed by atoms with E-state index in [0.29, 0.717) is 17.0 Å². The van der Waals surface area contributed by atoms with Gasteiger partial charge in [0.2, 0.25) is 5.71 Å². The van der Waals surface area contributed by atoms with Crippen LogP contribution in [0, 0.1) is 11.3 Å². The zero-order valence-electron chi connectivity index (χ0n) is 15.2. The number of carbonyl (C=O) groups excluding carboxylic acids is 1. The maximum atomic E-state index is 12.2. The number of amides is 1. The quantitative estimate of drug-likeness (QED) is 0.380. The summed E-state index contributed by atoms with van der Waals surface area (Å²) in [4.78, 5) is 12.2. The highest BCUT2D eigenvalue weighted by molar-refractivity contribution is 6.14. The minimum atomic E-state index is -0.443. The zero-order valence-corrected chi connectivity index (χ0v) is 15.2. The van der Waals surface area contributed by atoms with Crippen molar-refractivity contribution in [2.24, 2.45) is 0 Å². The molecule has 0 saturated heterocycles. The minimum absolute atomic E-state index is 0.113. The van der Waals surface area contributed by atoms with E-state index in [1.807, 2.05) is 36.4 Å². The first-order valence-electron chi connectivity index (χ1n) is 8.08. The number of allylic oxidation sites excluding steroid dienone is 1. The molecule has 2 aromatic rings. The molecule has 0 spiro atoms. The summed E-state index contributed by atoms with van der Waals surface area (Å²) in [6.07, 6.45) is 3.50. The number of nitrogens with zero attached hydrogens (tertiary/aromatic N) is 1. The molecule has 0 unspecified atom stereocenters. The second-order valence-electron chi connectivity index (χ2n) is 5.51. The molecular formula is C20H21N4O3+. The summed E-state index contributed by atoms with van der Waals surface area (Å²) in [7, 11) is 3.03. The number of hydrogen-bond acceptors (Lipinski definition) is 5. The van der Waals surface area contributed by atoms with Gasteiger partial charge in [-0.2, -0.15) is 5.26 Å². The lowest BCUT2D eigenvalue weighted by Gasteiger charge is -2.13. The molecule has 1 amide bonds. The monoisotopic (exact) mass is 365 g/mol. The summed E-state index contributed by atoms with van der Waals surface area (Å²) < 4.78 is 10.5. The van der Waals surface area contributed by atoms with E-state index in [1.54, 1.807) is 19.3 Å². The van der Waals surface area contributed by atoms with Gasteiger partial charge < -0.3 is 20.5 Å². The fourth-order valence-electron chi connectivity index (χ4n) is 2.49. The Labute approximate surface area is 157 Å². The van der Waals surface area contributed by atoms with Crippen LogP contribution in [0.25, 0.3) is 6.08 Å². The molecule has 0 atom stereocenters. The lowest BCUT2D eigenvalue weighted by Crippen LogP contribution is -2.40. The Hall–Kier alpha value is -3.79. The van der Waals surface area contributed by atoms with Crippen molar-refractivity contribution in [2.45, 2.75) is 0 Å². The molecule has 7 nitrogen and oxygen atoms in total. The number of benzene rings is 2. The van der Waals surface area contributed by atoms with E-state index < -0.39 is 5.91 Å². The fourth-order valence-corrected chi connectivity index (χ4v) is 2.49. The first-order chi connectivity index (χ1) is 13.0. The third kappa shape index (κ3) is 4.64. The van der Waals surface area contributed by atoms with E-state index in [9.17, 15) is 4.79 Å². The van der Waals surface area contributed by atoms with E-state index in [-0.39, 0.29) is 17.9 Å². The van der Waals surface area contributed by atoms with Gasteiger partial charge in [0, 0.05) is 11.8 Å². The topological polar surface area (TPSA) is 123 Å². The Kier molecular flexibility index (Phi) is 6.55. The number of nitriles is 1. The second-order valence-corrected chi connectivity index (χ2v) is 5.51. The van der Waals surface area contributed by atoms with Crippen LogP contribution in [0.3, 0.4) is 0 Å². The number of nitrogens with one attached hydrogen (secondary N) is 1. The summed E-state index contributed by atoms with van der Waals surface area (Å²) >= 11 is 0. The third-order valence-corrected chi connectivity index (χ3v) is 3.83. The average Bonchev–Trinajstić information content (AvgIpc) is 2.70. The number of nitrogens with two attached hydrogens (primary N) is 2. The number of ether oxygens (including phenoxy) is 2. The van der Waals surface area contributed by atoms with Gasteiger partial charge in [-0.1, -0.05) is 12.1 Å². The number of rotatable bonds is 7. The second kappa shape index (κ2) is 9.06. The van der Waals surface area contributed by atoms with Crippen LogP contribution in [-0.2, 0) is 0 Å². The lowest BCUT2D eigenvalue weighted by molar-refractivity contribution is -0.110. The third-order valence-electron chi connectivity index (χ3n) is 3.83. The van der Waals surface area contributed by atoms with Crippen molar-refractivity contribution < 1.29 is 19.7 Å². The Bertz CT molecular complexity index is 912. The van der Waals surface area contributed by atoms with Crippen molar-refractivity contribution in [1.82, 2.24) is 5.32 Å².